The minimum absolute atomic E-state index is 0.204. The van der Waals surface area contributed by atoms with E-state index in [0.29, 0.717) is 30.2 Å². The van der Waals surface area contributed by atoms with Crippen LogP contribution in [-0.4, -0.2) is 20.5 Å². The number of aryl methyl sites for hydroxylation is 1. The SMILES string of the molecule is CCn1c(CCC(=O)Cc2cccc(Cl)c2C)nnc1C1Cc2ccccc2C1. The molecule has 0 fully saturated rings. The Morgan fingerprint density at radius 3 is 2.52 bits per heavy atom. The maximum atomic E-state index is 12.6. The van der Waals surface area contributed by atoms with Gasteiger partial charge in [0.2, 0.25) is 0 Å². The average molecular weight is 408 g/mol. The van der Waals surface area contributed by atoms with Crippen LogP contribution >= 0.6 is 11.6 Å². The number of benzene rings is 2. The van der Waals surface area contributed by atoms with Crippen LogP contribution in [0.15, 0.2) is 42.5 Å². The predicted octanol–water partition coefficient (Wildman–Crippen LogP) is 4.89. The molecule has 0 bridgehead atoms. The first-order valence-corrected chi connectivity index (χ1v) is 10.7. The van der Waals surface area contributed by atoms with E-state index in [2.05, 4.69) is 46.0 Å². The number of hydrogen-bond acceptors (Lipinski definition) is 3. The fourth-order valence-corrected chi connectivity index (χ4v) is 4.51. The number of carbonyl (C=O) groups is 1. The van der Waals surface area contributed by atoms with E-state index in [4.69, 9.17) is 11.6 Å². The van der Waals surface area contributed by atoms with E-state index in [-0.39, 0.29) is 5.78 Å². The van der Waals surface area contributed by atoms with Crippen LogP contribution in [0.5, 0.6) is 0 Å². The Morgan fingerprint density at radius 1 is 1.10 bits per heavy atom. The molecule has 0 saturated heterocycles. The molecule has 1 aliphatic carbocycles. The number of fused-ring (bicyclic) bond motifs is 1. The van der Waals surface area contributed by atoms with Crippen LogP contribution in [0.25, 0.3) is 0 Å². The van der Waals surface area contributed by atoms with Gasteiger partial charge < -0.3 is 4.57 Å². The Balaban J connectivity index is 1.42. The molecule has 4 rings (SSSR count). The third kappa shape index (κ3) is 4.13. The fourth-order valence-electron chi connectivity index (χ4n) is 4.32. The lowest BCUT2D eigenvalue weighted by atomic mass is 10.0. The molecule has 0 amide bonds. The molecule has 0 atom stereocenters. The molecule has 1 heterocycles. The highest BCUT2D eigenvalue weighted by Crippen LogP contribution is 2.33. The lowest BCUT2D eigenvalue weighted by molar-refractivity contribution is -0.118. The first kappa shape index (κ1) is 19.8. The number of ketones is 1. The van der Waals surface area contributed by atoms with Gasteiger partial charge in [0.1, 0.15) is 17.4 Å². The van der Waals surface area contributed by atoms with Crippen molar-refractivity contribution in [2.24, 2.45) is 0 Å². The van der Waals surface area contributed by atoms with Gasteiger partial charge in [0.15, 0.2) is 0 Å². The number of Topliss-reactive ketones (excluding diaryl/α,β-unsaturated/α-hetero) is 1. The molecule has 5 heteroatoms. The second-order valence-corrected chi connectivity index (χ2v) is 8.24. The van der Waals surface area contributed by atoms with Crippen molar-refractivity contribution in [2.75, 3.05) is 0 Å². The summed E-state index contributed by atoms with van der Waals surface area (Å²) in [5.41, 5.74) is 4.82. The van der Waals surface area contributed by atoms with Gasteiger partial charge in [-0.05, 0) is 55.0 Å². The van der Waals surface area contributed by atoms with Crippen molar-refractivity contribution in [3.05, 3.63) is 81.4 Å². The molecule has 1 aliphatic rings. The zero-order valence-corrected chi connectivity index (χ0v) is 17.7. The summed E-state index contributed by atoms with van der Waals surface area (Å²) < 4.78 is 2.20. The summed E-state index contributed by atoms with van der Waals surface area (Å²) in [5.74, 6) is 2.54. The smallest absolute Gasteiger partial charge is 0.137 e. The van der Waals surface area contributed by atoms with Gasteiger partial charge in [0.05, 0.1) is 0 Å². The average Bonchev–Trinajstić information content (AvgIpc) is 3.33. The molecular formula is C24H26ClN3O. The summed E-state index contributed by atoms with van der Waals surface area (Å²) >= 11 is 6.18. The largest absolute Gasteiger partial charge is 0.315 e. The Kier molecular flexibility index (Phi) is 5.81. The molecule has 29 heavy (non-hydrogen) atoms. The van der Waals surface area contributed by atoms with Crippen molar-refractivity contribution in [1.82, 2.24) is 14.8 Å². The third-order valence-corrected chi connectivity index (χ3v) is 6.39. The lowest BCUT2D eigenvalue weighted by Gasteiger charge is -2.12. The van der Waals surface area contributed by atoms with Gasteiger partial charge in [0.25, 0.3) is 0 Å². The summed E-state index contributed by atoms with van der Waals surface area (Å²) in [6, 6.07) is 14.4. The minimum Gasteiger partial charge on any atom is -0.315 e. The first-order chi connectivity index (χ1) is 14.1. The molecular weight excluding hydrogens is 382 g/mol. The maximum Gasteiger partial charge on any atom is 0.137 e. The zero-order chi connectivity index (χ0) is 20.4. The topological polar surface area (TPSA) is 47.8 Å². The van der Waals surface area contributed by atoms with Crippen LogP contribution in [0.4, 0.5) is 0 Å². The van der Waals surface area contributed by atoms with Crippen molar-refractivity contribution in [1.29, 1.82) is 0 Å². The molecule has 0 spiro atoms. The molecule has 0 saturated carbocycles. The zero-order valence-electron chi connectivity index (χ0n) is 17.0. The molecule has 150 valence electrons. The van der Waals surface area contributed by atoms with Crippen molar-refractivity contribution in [3.8, 4) is 0 Å². The summed E-state index contributed by atoms with van der Waals surface area (Å²) in [5, 5.41) is 9.68. The van der Waals surface area contributed by atoms with Gasteiger partial charge in [-0.2, -0.15) is 0 Å². The molecule has 0 unspecified atom stereocenters. The summed E-state index contributed by atoms with van der Waals surface area (Å²) in [4.78, 5) is 12.6. The quantitative estimate of drug-likeness (QED) is 0.560. The van der Waals surface area contributed by atoms with Crippen LogP contribution < -0.4 is 0 Å². The fraction of sp³-hybridized carbons (Fsp3) is 0.375. The lowest BCUT2D eigenvalue weighted by Crippen LogP contribution is -2.13. The molecule has 0 radical (unpaired) electrons. The second kappa shape index (κ2) is 8.50. The van der Waals surface area contributed by atoms with Crippen molar-refractivity contribution >= 4 is 17.4 Å². The van der Waals surface area contributed by atoms with E-state index in [9.17, 15) is 4.79 Å². The number of rotatable bonds is 7. The summed E-state index contributed by atoms with van der Waals surface area (Å²) in [6.07, 6.45) is 3.54. The maximum absolute atomic E-state index is 12.6. The molecule has 0 aliphatic heterocycles. The van der Waals surface area contributed by atoms with Gasteiger partial charge in [-0.25, -0.2) is 0 Å². The summed E-state index contributed by atoms with van der Waals surface area (Å²) in [6.45, 7) is 4.91. The van der Waals surface area contributed by atoms with E-state index in [0.717, 1.165) is 42.2 Å². The van der Waals surface area contributed by atoms with Crippen LogP contribution in [0.1, 0.15) is 53.2 Å². The number of hydrogen-bond donors (Lipinski definition) is 0. The van der Waals surface area contributed by atoms with Gasteiger partial charge in [-0.15, -0.1) is 10.2 Å². The van der Waals surface area contributed by atoms with Gasteiger partial charge >= 0.3 is 0 Å². The molecule has 0 N–H and O–H groups in total. The Labute approximate surface area is 176 Å². The van der Waals surface area contributed by atoms with Crippen LogP contribution in [0.3, 0.4) is 0 Å². The summed E-state index contributed by atoms with van der Waals surface area (Å²) in [7, 11) is 0. The normalized spacial score (nSPS) is 13.6. The number of halogens is 1. The predicted molar refractivity (Wildman–Crippen MR) is 116 cm³/mol. The molecule has 1 aromatic heterocycles. The number of nitrogens with zero attached hydrogens (tertiary/aromatic N) is 3. The first-order valence-electron chi connectivity index (χ1n) is 10.3. The Bertz CT molecular complexity index is 1020. The monoisotopic (exact) mass is 407 g/mol. The minimum atomic E-state index is 0.204. The highest BCUT2D eigenvalue weighted by molar-refractivity contribution is 6.31. The van der Waals surface area contributed by atoms with Crippen LogP contribution in [-0.2, 0) is 37.0 Å². The number of carbonyl (C=O) groups excluding carboxylic acids is 1. The van der Waals surface area contributed by atoms with E-state index in [1.165, 1.54) is 11.1 Å². The van der Waals surface area contributed by atoms with Gasteiger partial charge in [-0.3, -0.25) is 4.79 Å². The van der Waals surface area contributed by atoms with E-state index >= 15 is 0 Å². The third-order valence-electron chi connectivity index (χ3n) is 5.98. The van der Waals surface area contributed by atoms with Crippen LogP contribution in [0.2, 0.25) is 5.02 Å². The van der Waals surface area contributed by atoms with Crippen molar-refractivity contribution in [3.63, 3.8) is 0 Å². The second-order valence-electron chi connectivity index (χ2n) is 7.83. The highest BCUT2D eigenvalue weighted by atomic mass is 35.5. The molecule has 2 aromatic carbocycles. The molecule has 4 nitrogen and oxygen atoms in total. The molecule has 3 aromatic rings. The van der Waals surface area contributed by atoms with E-state index in [1.54, 1.807) is 0 Å². The van der Waals surface area contributed by atoms with Gasteiger partial charge in [-0.1, -0.05) is 48.0 Å². The van der Waals surface area contributed by atoms with Gasteiger partial charge in [0, 0.05) is 36.7 Å². The number of aromatic nitrogens is 3. The highest BCUT2D eigenvalue weighted by Gasteiger charge is 2.27. The Hall–Kier alpha value is -2.46. The van der Waals surface area contributed by atoms with E-state index < -0.39 is 0 Å². The standard InChI is InChI=1S/C24H26ClN3O/c1-3-28-23(12-11-21(29)15-17-9-6-10-22(25)16(17)2)26-27-24(28)20-13-18-7-4-5-8-19(18)14-20/h4-10,20H,3,11-15H2,1-2H3. The Morgan fingerprint density at radius 2 is 1.83 bits per heavy atom. The van der Waals surface area contributed by atoms with Crippen molar-refractivity contribution < 1.29 is 4.79 Å². The van der Waals surface area contributed by atoms with E-state index in [1.807, 2.05) is 25.1 Å². The van der Waals surface area contributed by atoms with Crippen LogP contribution in [0, 0.1) is 6.92 Å². The van der Waals surface area contributed by atoms with Crippen molar-refractivity contribution in [2.45, 2.75) is 58.4 Å².